The van der Waals surface area contributed by atoms with Gasteiger partial charge in [0.2, 0.25) is 0 Å². The highest BCUT2D eigenvalue weighted by Gasteiger charge is 2.27. The number of carbonyl (C=O) groups is 1. The first kappa shape index (κ1) is 11.9. The summed E-state index contributed by atoms with van der Waals surface area (Å²) >= 11 is 0. The summed E-state index contributed by atoms with van der Waals surface area (Å²) in [6, 6.07) is 5.97. The van der Waals surface area contributed by atoms with E-state index in [-0.39, 0.29) is 11.7 Å². The summed E-state index contributed by atoms with van der Waals surface area (Å²) in [4.78, 5) is 13.1. The molecular formula is C12H15FN2O2. The molecule has 0 saturated carbocycles. The lowest BCUT2D eigenvalue weighted by atomic mass is 10.1. The van der Waals surface area contributed by atoms with E-state index in [2.05, 4.69) is 5.32 Å². The molecule has 17 heavy (non-hydrogen) atoms. The molecule has 1 saturated heterocycles. The SMILES string of the molecule is CNCC1COC(=O)N(c2cccc(F)c2)C1. The maximum atomic E-state index is 13.1. The number of hydrogen-bond donors (Lipinski definition) is 1. The van der Waals surface area contributed by atoms with Crippen molar-refractivity contribution in [3.05, 3.63) is 30.1 Å². The van der Waals surface area contributed by atoms with E-state index >= 15 is 0 Å². The van der Waals surface area contributed by atoms with E-state index in [1.54, 1.807) is 12.1 Å². The highest BCUT2D eigenvalue weighted by molar-refractivity contribution is 5.88. The molecule has 4 nitrogen and oxygen atoms in total. The van der Waals surface area contributed by atoms with Gasteiger partial charge >= 0.3 is 6.09 Å². The molecule has 1 atom stereocenters. The summed E-state index contributed by atoms with van der Waals surface area (Å²) in [6.07, 6.45) is -0.414. The van der Waals surface area contributed by atoms with E-state index in [0.29, 0.717) is 18.8 Å². The predicted octanol–water partition coefficient (Wildman–Crippen LogP) is 1.62. The van der Waals surface area contributed by atoms with Gasteiger partial charge in [0.05, 0.1) is 6.61 Å². The molecule has 0 radical (unpaired) electrons. The molecule has 1 fully saturated rings. The zero-order valence-corrected chi connectivity index (χ0v) is 9.65. The molecule has 1 aliphatic rings. The van der Waals surface area contributed by atoms with Crippen LogP contribution in [0.5, 0.6) is 0 Å². The fourth-order valence-corrected chi connectivity index (χ4v) is 1.92. The molecule has 92 valence electrons. The van der Waals surface area contributed by atoms with Crippen LogP contribution in [0.4, 0.5) is 14.9 Å². The molecule has 1 aromatic rings. The molecule has 2 rings (SSSR count). The zero-order valence-electron chi connectivity index (χ0n) is 9.65. The van der Waals surface area contributed by atoms with Crippen LogP contribution in [0.15, 0.2) is 24.3 Å². The van der Waals surface area contributed by atoms with Crippen LogP contribution in [0.3, 0.4) is 0 Å². The van der Waals surface area contributed by atoms with Gasteiger partial charge in [0.1, 0.15) is 5.82 Å². The molecule has 0 spiro atoms. The van der Waals surface area contributed by atoms with Crippen LogP contribution in [-0.2, 0) is 4.74 Å². The normalized spacial score (nSPS) is 20.2. The lowest BCUT2D eigenvalue weighted by Gasteiger charge is -2.32. The molecule has 1 heterocycles. The Hall–Kier alpha value is -1.62. The Bertz CT molecular complexity index is 411. The van der Waals surface area contributed by atoms with Gasteiger partial charge in [0, 0.05) is 24.7 Å². The van der Waals surface area contributed by atoms with Gasteiger partial charge in [-0.1, -0.05) is 6.07 Å². The summed E-state index contributed by atoms with van der Waals surface area (Å²) in [6.45, 7) is 1.72. The number of halogens is 1. The second-order valence-electron chi connectivity index (χ2n) is 4.09. The Kier molecular flexibility index (Phi) is 3.58. The third-order valence-corrected chi connectivity index (χ3v) is 2.72. The molecule has 1 N–H and O–H groups in total. The number of cyclic esters (lactones) is 1. The number of benzene rings is 1. The minimum atomic E-state index is -0.414. The number of nitrogens with one attached hydrogen (secondary N) is 1. The first-order chi connectivity index (χ1) is 8.20. The minimum Gasteiger partial charge on any atom is -0.449 e. The molecule has 0 aliphatic carbocycles. The van der Waals surface area contributed by atoms with Gasteiger partial charge in [-0.2, -0.15) is 0 Å². The fraction of sp³-hybridized carbons (Fsp3) is 0.417. The number of hydrogen-bond acceptors (Lipinski definition) is 3. The Balaban J connectivity index is 2.15. The van der Waals surface area contributed by atoms with Crippen molar-refractivity contribution in [2.45, 2.75) is 0 Å². The molecular weight excluding hydrogens is 223 g/mol. The summed E-state index contributed by atoms with van der Waals surface area (Å²) in [5.41, 5.74) is 0.538. The van der Waals surface area contributed by atoms with Gasteiger partial charge in [0.15, 0.2) is 0 Å². The van der Waals surface area contributed by atoms with E-state index < -0.39 is 6.09 Å². The lowest BCUT2D eigenvalue weighted by Crippen LogP contribution is -2.46. The van der Waals surface area contributed by atoms with Gasteiger partial charge in [-0.3, -0.25) is 4.90 Å². The summed E-state index contributed by atoms with van der Waals surface area (Å²) < 4.78 is 18.2. The van der Waals surface area contributed by atoms with E-state index in [1.165, 1.54) is 17.0 Å². The van der Waals surface area contributed by atoms with E-state index in [0.717, 1.165) is 6.54 Å². The molecule has 1 amide bonds. The van der Waals surface area contributed by atoms with E-state index in [4.69, 9.17) is 4.74 Å². The third-order valence-electron chi connectivity index (χ3n) is 2.72. The Morgan fingerprint density at radius 2 is 2.41 bits per heavy atom. The van der Waals surface area contributed by atoms with Crippen LogP contribution in [-0.4, -0.2) is 32.8 Å². The van der Waals surface area contributed by atoms with Gasteiger partial charge in [-0.15, -0.1) is 0 Å². The summed E-state index contributed by atoms with van der Waals surface area (Å²) in [5.74, 6) is -0.132. The van der Waals surface area contributed by atoms with Crippen LogP contribution in [0.2, 0.25) is 0 Å². The van der Waals surface area contributed by atoms with Crippen molar-refractivity contribution >= 4 is 11.8 Å². The number of amides is 1. The topological polar surface area (TPSA) is 41.6 Å². The van der Waals surface area contributed by atoms with Crippen molar-refractivity contribution in [1.29, 1.82) is 0 Å². The molecule has 0 aromatic heterocycles. The Morgan fingerprint density at radius 3 is 3.12 bits per heavy atom. The quantitative estimate of drug-likeness (QED) is 0.870. The van der Waals surface area contributed by atoms with Gasteiger partial charge in [-0.05, 0) is 25.2 Å². The van der Waals surface area contributed by atoms with E-state index in [9.17, 15) is 9.18 Å². The van der Waals surface area contributed by atoms with Crippen molar-refractivity contribution in [3.8, 4) is 0 Å². The highest BCUT2D eigenvalue weighted by Crippen LogP contribution is 2.21. The number of ether oxygens (including phenoxy) is 1. The second kappa shape index (κ2) is 5.14. The van der Waals surface area contributed by atoms with Crippen LogP contribution in [0, 0.1) is 11.7 Å². The van der Waals surface area contributed by atoms with Gasteiger partial charge < -0.3 is 10.1 Å². The minimum absolute atomic E-state index is 0.223. The van der Waals surface area contributed by atoms with Gasteiger partial charge in [0.25, 0.3) is 0 Å². The zero-order chi connectivity index (χ0) is 12.3. The molecule has 5 heteroatoms. The first-order valence-electron chi connectivity index (χ1n) is 5.55. The summed E-state index contributed by atoms with van der Waals surface area (Å²) in [7, 11) is 1.85. The standard InChI is InChI=1S/C12H15FN2O2/c1-14-6-9-7-15(12(16)17-8-9)11-4-2-3-10(13)5-11/h2-5,9,14H,6-8H2,1H3. The highest BCUT2D eigenvalue weighted by atomic mass is 19.1. The molecule has 0 bridgehead atoms. The molecule has 1 aromatic carbocycles. The number of anilines is 1. The smallest absolute Gasteiger partial charge is 0.414 e. The lowest BCUT2D eigenvalue weighted by molar-refractivity contribution is 0.115. The number of carbonyl (C=O) groups excluding carboxylic acids is 1. The predicted molar refractivity (Wildman–Crippen MR) is 62.5 cm³/mol. The fourth-order valence-electron chi connectivity index (χ4n) is 1.92. The molecule has 1 unspecified atom stereocenters. The Labute approximate surface area is 99.4 Å². The monoisotopic (exact) mass is 238 g/mol. The average Bonchev–Trinajstić information content (AvgIpc) is 2.32. The maximum absolute atomic E-state index is 13.1. The number of nitrogens with zero attached hydrogens (tertiary/aromatic N) is 1. The van der Waals surface area contributed by atoms with E-state index in [1.807, 2.05) is 7.05 Å². The second-order valence-corrected chi connectivity index (χ2v) is 4.09. The van der Waals surface area contributed by atoms with Crippen molar-refractivity contribution in [2.24, 2.45) is 5.92 Å². The molecule has 1 aliphatic heterocycles. The van der Waals surface area contributed by atoms with Gasteiger partial charge in [-0.25, -0.2) is 9.18 Å². The van der Waals surface area contributed by atoms with Crippen molar-refractivity contribution < 1.29 is 13.9 Å². The van der Waals surface area contributed by atoms with Crippen molar-refractivity contribution in [1.82, 2.24) is 5.32 Å². The average molecular weight is 238 g/mol. The van der Waals surface area contributed by atoms with Crippen LogP contribution < -0.4 is 10.2 Å². The van der Waals surface area contributed by atoms with Crippen LogP contribution >= 0.6 is 0 Å². The Morgan fingerprint density at radius 1 is 1.59 bits per heavy atom. The number of rotatable bonds is 3. The van der Waals surface area contributed by atoms with Crippen LogP contribution in [0.25, 0.3) is 0 Å². The van der Waals surface area contributed by atoms with Crippen molar-refractivity contribution in [3.63, 3.8) is 0 Å². The first-order valence-corrected chi connectivity index (χ1v) is 5.55. The largest absolute Gasteiger partial charge is 0.449 e. The summed E-state index contributed by atoms with van der Waals surface area (Å²) in [5, 5.41) is 3.04. The third kappa shape index (κ3) is 2.74. The van der Waals surface area contributed by atoms with Crippen LogP contribution in [0.1, 0.15) is 0 Å². The maximum Gasteiger partial charge on any atom is 0.414 e. The van der Waals surface area contributed by atoms with Crippen molar-refractivity contribution in [2.75, 3.05) is 31.6 Å².